The smallest absolute Gasteiger partial charge is 0.337 e. The first-order chi connectivity index (χ1) is 17.1. The molecular formula is C26H28N6O3. The van der Waals surface area contributed by atoms with Crippen molar-refractivity contribution in [1.82, 2.24) is 24.5 Å². The molecule has 1 saturated carbocycles. The summed E-state index contributed by atoms with van der Waals surface area (Å²) >= 11 is 0. The van der Waals surface area contributed by atoms with Crippen molar-refractivity contribution < 1.29 is 14.3 Å². The number of carbonyl (C=O) groups excluding carboxylic acids is 1. The molecule has 1 aliphatic heterocycles. The van der Waals surface area contributed by atoms with Crippen molar-refractivity contribution in [3.8, 4) is 11.4 Å². The van der Waals surface area contributed by atoms with Crippen LogP contribution in [0, 0.1) is 0 Å². The minimum atomic E-state index is -0.366. The molecule has 0 radical (unpaired) electrons. The van der Waals surface area contributed by atoms with Crippen molar-refractivity contribution in [1.29, 1.82) is 0 Å². The second-order valence-corrected chi connectivity index (χ2v) is 9.22. The van der Waals surface area contributed by atoms with Gasteiger partial charge < -0.3 is 14.8 Å². The highest BCUT2D eigenvalue weighted by Crippen LogP contribution is 2.47. The molecule has 2 aromatic carbocycles. The first kappa shape index (κ1) is 21.8. The van der Waals surface area contributed by atoms with Crippen molar-refractivity contribution in [2.24, 2.45) is 7.05 Å². The molecule has 180 valence electrons. The number of carbonyl (C=O) groups is 1. The van der Waals surface area contributed by atoms with Gasteiger partial charge in [0.25, 0.3) is 0 Å². The maximum Gasteiger partial charge on any atom is 0.337 e. The summed E-state index contributed by atoms with van der Waals surface area (Å²) in [5.41, 5.74) is 4.76. The van der Waals surface area contributed by atoms with E-state index in [1.807, 2.05) is 30.1 Å². The van der Waals surface area contributed by atoms with Gasteiger partial charge in [0.15, 0.2) is 12.1 Å². The molecule has 1 N–H and O–H groups in total. The Morgan fingerprint density at radius 3 is 2.66 bits per heavy atom. The average Bonchev–Trinajstić information content (AvgIpc) is 3.54. The molecule has 1 saturated heterocycles. The number of hydrogen-bond acceptors (Lipinski definition) is 7. The van der Waals surface area contributed by atoms with Crippen LogP contribution in [-0.2, 0) is 16.5 Å². The molecule has 6 rings (SSSR count). The Labute approximate surface area is 203 Å². The number of methoxy groups -OCH3 is 1. The Bertz CT molecular complexity index is 1380. The number of aromatic nitrogens is 5. The molecule has 1 atom stereocenters. The monoisotopic (exact) mass is 472 g/mol. The van der Waals surface area contributed by atoms with Crippen LogP contribution in [0.1, 0.15) is 60.2 Å². The lowest BCUT2D eigenvalue weighted by atomic mass is 10.0. The van der Waals surface area contributed by atoms with E-state index in [1.165, 1.54) is 37.3 Å². The van der Waals surface area contributed by atoms with Gasteiger partial charge in [-0.05, 0) is 67.9 Å². The van der Waals surface area contributed by atoms with Crippen molar-refractivity contribution in [2.45, 2.75) is 44.2 Å². The van der Waals surface area contributed by atoms with E-state index < -0.39 is 0 Å². The molecule has 1 unspecified atom stereocenters. The third kappa shape index (κ3) is 4.05. The van der Waals surface area contributed by atoms with Gasteiger partial charge in [0.1, 0.15) is 0 Å². The van der Waals surface area contributed by atoms with Gasteiger partial charge in [-0.2, -0.15) is 10.1 Å². The van der Waals surface area contributed by atoms with E-state index in [4.69, 9.17) is 19.6 Å². The molecule has 1 aliphatic carbocycles. The minimum absolute atomic E-state index is 0.0129. The highest BCUT2D eigenvalue weighted by atomic mass is 16.5. The first-order valence-electron chi connectivity index (χ1n) is 12.1. The number of esters is 1. The second kappa shape index (κ2) is 8.81. The maximum absolute atomic E-state index is 11.7. The number of nitrogens with zero attached hydrogens (tertiary/aromatic N) is 5. The fourth-order valence-corrected chi connectivity index (χ4v) is 4.82. The van der Waals surface area contributed by atoms with Crippen LogP contribution in [0.4, 0.5) is 11.6 Å². The summed E-state index contributed by atoms with van der Waals surface area (Å²) in [7, 11) is 3.24. The largest absolute Gasteiger partial charge is 0.465 e. The van der Waals surface area contributed by atoms with Crippen LogP contribution in [0.2, 0.25) is 0 Å². The fourth-order valence-electron chi connectivity index (χ4n) is 4.82. The number of rotatable bonds is 6. The fraction of sp³-hybridized carbons (Fsp3) is 0.385. The number of anilines is 2. The number of nitrogens with one attached hydrogen (secondary N) is 1. The second-order valence-electron chi connectivity index (χ2n) is 9.22. The van der Waals surface area contributed by atoms with E-state index in [0.717, 1.165) is 36.2 Å². The number of benzene rings is 2. The lowest BCUT2D eigenvalue weighted by Crippen LogP contribution is -2.19. The van der Waals surface area contributed by atoms with Crippen LogP contribution in [0.5, 0.6) is 0 Å². The Hall–Kier alpha value is -3.72. The van der Waals surface area contributed by atoms with Crippen LogP contribution >= 0.6 is 0 Å². The standard InChI is InChI=1S/C26H28N6O3/c1-31-26(29-24(30-31)17-8-10-18(11-9-17)25(33)34-2)28-20-12-13-21-19(23(20)16-6-7-16)15-27-32(21)22-5-3-4-14-35-22/h8-13,15-16,22H,3-7,14H2,1-2H3,(H,28,29,30). The zero-order valence-electron chi connectivity index (χ0n) is 19.9. The normalized spacial score (nSPS) is 18.1. The summed E-state index contributed by atoms with van der Waals surface area (Å²) < 4.78 is 14.6. The number of aryl methyl sites for hydroxylation is 1. The van der Waals surface area contributed by atoms with E-state index in [2.05, 4.69) is 22.5 Å². The van der Waals surface area contributed by atoms with Crippen LogP contribution < -0.4 is 5.32 Å². The Balaban J connectivity index is 1.31. The molecule has 9 heteroatoms. The lowest BCUT2D eigenvalue weighted by Gasteiger charge is -2.23. The molecule has 2 aromatic heterocycles. The summed E-state index contributed by atoms with van der Waals surface area (Å²) in [4.78, 5) is 16.5. The van der Waals surface area contributed by atoms with Crippen LogP contribution in [0.15, 0.2) is 42.6 Å². The summed E-state index contributed by atoms with van der Waals surface area (Å²) in [6, 6.07) is 11.3. The van der Waals surface area contributed by atoms with Crippen LogP contribution in [0.3, 0.4) is 0 Å². The Morgan fingerprint density at radius 1 is 1.11 bits per heavy atom. The minimum Gasteiger partial charge on any atom is -0.465 e. The molecule has 0 bridgehead atoms. The highest BCUT2D eigenvalue weighted by Gasteiger charge is 2.30. The van der Waals surface area contributed by atoms with E-state index >= 15 is 0 Å². The van der Waals surface area contributed by atoms with E-state index in [0.29, 0.717) is 23.3 Å². The summed E-state index contributed by atoms with van der Waals surface area (Å²) in [5.74, 6) is 1.39. The van der Waals surface area contributed by atoms with Crippen LogP contribution in [0.25, 0.3) is 22.3 Å². The van der Waals surface area contributed by atoms with E-state index in [1.54, 1.807) is 16.8 Å². The molecule has 2 aliphatic rings. The van der Waals surface area contributed by atoms with Gasteiger partial charge in [0, 0.05) is 30.3 Å². The average molecular weight is 473 g/mol. The molecule has 35 heavy (non-hydrogen) atoms. The Kier molecular flexibility index (Phi) is 5.49. The quantitative estimate of drug-likeness (QED) is 0.397. The van der Waals surface area contributed by atoms with Gasteiger partial charge in [0.2, 0.25) is 5.95 Å². The van der Waals surface area contributed by atoms with Gasteiger partial charge in [-0.1, -0.05) is 12.1 Å². The predicted octanol–water partition coefficient (Wildman–Crippen LogP) is 4.94. The zero-order chi connectivity index (χ0) is 23.9. The van der Waals surface area contributed by atoms with Crippen molar-refractivity contribution in [3.05, 3.63) is 53.7 Å². The van der Waals surface area contributed by atoms with Gasteiger partial charge in [-0.3, -0.25) is 0 Å². The van der Waals surface area contributed by atoms with Gasteiger partial charge in [-0.15, -0.1) is 5.10 Å². The maximum atomic E-state index is 11.7. The van der Waals surface area contributed by atoms with E-state index in [-0.39, 0.29) is 12.2 Å². The molecule has 4 aromatic rings. The molecule has 2 fully saturated rings. The third-order valence-electron chi connectivity index (χ3n) is 6.81. The number of fused-ring (bicyclic) bond motifs is 1. The molecule has 0 spiro atoms. The molecule has 9 nitrogen and oxygen atoms in total. The summed E-state index contributed by atoms with van der Waals surface area (Å²) in [5, 5.41) is 14.0. The van der Waals surface area contributed by atoms with Gasteiger partial charge in [0.05, 0.1) is 24.4 Å². The molecule has 3 heterocycles. The van der Waals surface area contributed by atoms with Crippen LogP contribution in [-0.4, -0.2) is 44.2 Å². The van der Waals surface area contributed by atoms with Gasteiger partial charge >= 0.3 is 5.97 Å². The highest BCUT2D eigenvalue weighted by molar-refractivity contribution is 5.90. The topological polar surface area (TPSA) is 96.1 Å². The molecule has 0 amide bonds. The first-order valence-corrected chi connectivity index (χ1v) is 12.1. The lowest BCUT2D eigenvalue weighted by molar-refractivity contribution is -0.0366. The van der Waals surface area contributed by atoms with E-state index in [9.17, 15) is 4.79 Å². The number of ether oxygens (including phenoxy) is 2. The third-order valence-corrected chi connectivity index (χ3v) is 6.81. The summed E-state index contributed by atoms with van der Waals surface area (Å²) in [6.07, 6.45) is 7.63. The molecular weight excluding hydrogens is 444 g/mol. The van der Waals surface area contributed by atoms with Crippen molar-refractivity contribution >= 4 is 28.5 Å². The SMILES string of the molecule is COC(=O)c1ccc(-c2nc(Nc3ccc4c(cnn4C4CCCCO4)c3C3CC3)n(C)n2)cc1. The number of hydrogen-bond donors (Lipinski definition) is 1. The van der Waals surface area contributed by atoms with Crippen molar-refractivity contribution in [3.63, 3.8) is 0 Å². The predicted molar refractivity (Wildman–Crippen MR) is 132 cm³/mol. The zero-order valence-corrected chi connectivity index (χ0v) is 19.9. The summed E-state index contributed by atoms with van der Waals surface area (Å²) in [6.45, 7) is 0.793. The van der Waals surface area contributed by atoms with Gasteiger partial charge in [-0.25, -0.2) is 14.2 Å². The van der Waals surface area contributed by atoms with Crippen molar-refractivity contribution in [2.75, 3.05) is 19.0 Å². The Morgan fingerprint density at radius 2 is 1.94 bits per heavy atom.